The molecule has 0 aliphatic carbocycles. The van der Waals surface area contributed by atoms with Gasteiger partial charge in [0, 0.05) is 20.4 Å². The molecule has 1 amide bonds. The summed E-state index contributed by atoms with van der Waals surface area (Å²) in [5.41, 5.74) is 1.35. The molecule has 1 rings (SSSR count). The van der Waals surface area contributed by atoms with Crippen molar-refractivity contribution in [2.45, 2.75) is 72.3 Å². The third-order valence-corrected chi connectivity index (χ3v) is 6.95. The number of benzene rings is 1. The maximum atomic E-state index is 14.3. The molecule has 0 fully saturated rings. The number of hydrogen-bond acceptors (Lipinski definition) is 4. The smallest absolute Gasteiger partial charge is 0.407 e. The molecule has 0 spiro atoms. The number of rotatable bonds is 12. The predicted octanol–water partition coefficient (Wildman–Crippen LogP) is 5.37. The molecule has 1 aromatic carbocycles. The average molecular weight is 511 g/mol. The molecule has 0 aliphatic rings. The topological polar surface area (TPSA) is 87.7 Å². The largest absolute Gasteiger partial charge is 0.480 e. The van der Waals surface area contributed by atoms with E-state index in [9.17, 15) is 23.5 Å². The third kappa shape index (κ3) is 10.7. The van der Waals surface area contributed by atoms with Crippen molar-refractivity contribution in [3.8, 4) is 0 Å². The van der Waals surface area contributed by atoms with Gasteiger partial charge in [-0.1, -0.05) is 51.6 Å². The second-order valence-electron chi connectivity index (χ2n) is 10.2. The van der Waals surface area contributed by atoms with Crippen LogP contribution < -0.4 is 10.6 Å². The highest BCUT2D eigenvalue weighted by Crippen LogP contribution is 2.29. The zero-order valence-electron chi connectivity index (χ0n) is 21.9. The van der Waals surface area contributed by atoms with Gasteiger partial charge >= 0.3 is 12.1 Å². The van der Waals surface area contributed by atoms with E-state index in [2.05, 4.69) is 23.7 Å². The van der Waals surface area contributed by atoms with Crippen molar-refractivity contribution in [2.75, 3.05) is 13.2 Å². The summed E-state index contributed by atoms with van der Waals surface area (Å²) < 4.78 is 33.1. The molecule has 196 valence electrons. The summed E-state index contributed by atoms with van der Waals surface area (Å²) in [5.74, 6) is -2.17. The molecule has 0 aromatic heterocycles. The van der Waals surface area contributed by atoms with Crippen LogP contribution in [0.3, 0.4) is 0 Å². The quantitative estimate of drug-likeness (QED) is 0.260. The Bertz CT molecular complexity index is 926. The molecule has 0 unspecified atom stereocenters. The number of nitrogens with one attached hydrogen (secondary N) is 2. The van der Waals surface area contributed by atoms with Gasteiger partial charge in [0.25, 0.3) is 0 Å². The highest BCUT2D eigenvalue weighted by atomic mass is 28.3. The highest BCUT2D eigenvalue weighted by Gasteiger charge is 2.27. The van der Waals surface area contributed by atoms with Crippen molar-refractivity contribution < 1.29 is 28.2 Å². The van der Waals surface area contributed by atoms with E-state index in [1.54, 1.807) is 13.0 Å². The van der Waals surface area contributed by atoms with Crippen molar-refractivity contribution in [3.63, 3.8) is 0 Å². The number of carbonyl (C=O) groups is 2. The number of alkyl carbamates (subject to hydrolysis) is 1. The van der Waals surface area contributed by atoms with Crippen LogP contribution in [-0.2, 0) is 9.53 Å². The fourth-order valence-electron chi connectivity index (χ4n) is 3.71. The molecule has 0 saturated heterocycles. The van der Waals surface area contributed by atoms with Crippen LogP contribution in [0, 0.1) is 17.0 Å². The number of allylic oxidation sites excluding steroid dienone is 3. The second kappa shape index (κ2) is 14.1. The maximum Gasteiger partial charge on any atom is 0.407 e. The minimum atomic E-state index is -1.14. The number of halogens is 2. The van der Waals surface area contributed by atoms with Crippen LogP contribution >= 0.6 is 0 Å². The lowest BCUT2D eigenvalue weighted by molar-refractivity contribution is -0.139. The van der Waals surface area contributed by atoms with Gasteiger partial charge in [-0.05, 0) is 62.0 Å². The Balaban J connectivity index is 2.91. The van der Waals surface area contributed by atoms with Crippen LogP contribution in [0.4, 0.5) is 13.6 Å². The monoisotopic (exact) mass is 510 g/mol. The van der Waals surface area contributed by atoms with E-state index in [0.29, 0.717) is 12.1 Å². The fourth-order valence-corrected chi connectivity index (χ4v) is 4.30. The van der Waals surface area contributed by atoms with Crippen LogP contribution in [0.15, 0.2) is 35.9 Å². The third-order valence-electron chi connectivity index (χ3n) is 5.55. The molecule has 0 heterocycles. The molecular weight excluding hydrogens is 470 g/mol. The lowest BCUT2D eigenvalue weighted by Gasteiger charge is -2.33. The van der Waals surface area contributed by atoms with Gasteiger partial charge in [-0.2, -0.15) is 0 Å². The first-order valence-corrected chi connectivity index (χ1v) is 15.1. The normalized spacial score (nSPS) is 14.6. The molecule has 3 N–H and O–H groups in total. The van der Waals surface area contributed by atoms with Gasteiger partial charge in [-0.3, -0.25) is 0 Å². The van der Waals surface area contributed by atoms with Crippen LogP contribution in [-0.4, -0.2) is 51.2 Å². The predicted molar refractivity (Wildman–Crippen MR) is 139 cm³/mol. The van der Waals surface area contributed by atoms with Crippen LogP contribution in [0.1, 0.15) is 46.6 Å². The van der Waals surface area contributed by atoms with Crippen molar-refractivity contribution in [3.05, 3.63) is 53.1 Å². The Morgan fingerprint density at radius 3 is 2.43 bits per heavy atom. The molecule has 0 radical (unpaired) electrons. The van der Waals surface area contributed by atoms with Gasteiger partial charge in [0.05, 0.1) is 6.61 Å². The van der Waals surface area contributed by atoms with Crippen molar-refractivity contribution in [1.29, 1.82) is 0 Å². The Hall–Kier alpha value is -2.52. The number of carbonyl (C=O) groups excluding carboxylic acids is 1. The SMILES string of the molecule is C/C=C(\C=C(/C)[C@H](NCC[C@H](NC(=O)OCC[SiH](C)C)C(=O)O)C(C)(C)C)c1cc(F)ccc1F. The highest BCUT2D eigenvalue weighted by molar-refractivity contribution is 6.55. The molecular formula is C26H40F2N2O4Si. The Morgan fingerprint density at radius 2 is 1.89 bits per heavy atom. The van der Waals surface area contributed by atoms with Gasteiger partial charge in [0.2, 0.25) is 0 Å². The standard InChI is InChI=1S/C26H40F2N2O4Si/c1-8-18(20-16-19(27)9-10-21(20)28)15-17(2)23(26(3,4)5)29-12-11-22(24(31)32)30-25(33)34-13-14-35(6)7/h8-10,15-16,22-23,29,35H,11-14H2,1-7H3,(H,30,33)(H,31,32)/b17-15+,18-8+/t22-,23-/m0/s1. The van der Waals surface area contributed by atoms with E-state index in [1.807, 2.05) is 33.8 Å². The Morgan fingerprint density at radius 1 is 1.23 bits per heavy atom. The molecule has 9 heteroatoms. The van der Waals surface area contributed by atoms with Crippen LogP contribution in [0.25, 0.3) is 5.57 Å². The second-order valence-corrected chi connectivity index (χ2v) is 13.5. The summed E-state index contributed by atoms with van der Waals surface area (Å²) in [7, 11) is -0.860. The van der Waals surface area contributed by atoms with Gasteiger partial charge in [-0.25, -0.2) is 18.4 Å². The number of hydrogen-bond donors (Lipinski definition) is 3. The van der Waals surface area contributed by atoms with E-state index in [1.165, 1.54) is 6.07 Å². The number of carboxylic acid groups (broad SMARTS) is 1. The van der Waals surface area contributed by atoms with Gasteiger partial charge in [0.15, 0.2) is 0 Å². The molecule has 0 bridgehead atoms. The van der Waals surface area contributed by atoms with Crippen molar-refractivity contribution in [1.82, 2.24) is 10.6 Å². The zero-order valence-corrected chi connectivity index (χ0v) is 23.0. The minimum absolute atomic E-state index is 0.151. The summed E-state index contributed by atoms with van der Waals surface area (Å²) in [4.78, 5) is 23.6. The molecule has 2 atom stereocenters. The summed E-state index contributed by atoms with van der Waals surface area (Å²) in [5, 5.41) is 15.3. The molecule has 0 aliphatic heterocycles. The lowest BCUT2D eigenvalue weighted by atomic mass is 9.81. The average Bonchev–Trinajstić information content (AvgIpc) is 2.74. The fraction of sp³-hybridized carbons (Fsp3) is 0.538. The first-order chi connectivity index (χ1) is 16.3. The van der Waals surface area contributed by atoms with E-state index in [-0.39, 0.29) is 30.0 Å². The summed E-state index contributed by atoms with van der Waals surface area (Å²) >= 11 is 0. The number of ether oxygens (including phenoxy) is 1. The Labute approximate surface area is 209 Å². The van der Waals surface area contributed by atoms with Gasteiger partial charge in [-0.15, -0.1) is 0 Å². The molecule has 0 saturated carbocycles. The molecule has 35 heavy (non-hydrogen) atoms. The maximum absolute atomic E-state index is 14.3. The van der Waals surface area contributed by atoms with Crippen LogP contribution in [0.2, 0.25) is 19.1 Å². The van der Waals surface area contributed by atoms with Crippen molar-refractivity contribution >= 4 is 26.4 Å². The van der Waals surface area contributed by atoms with Crippen LogP contribution in [0.5, 0.6) is 0 Å². The lowest BCUT2D eigenvalue weighted by Crippen LogP contribution is -2.46. The number of aliphatic carboxylic acids is 1. The zero-order chi connectivity index (χ0) is 26.8. The number of amides is 1. The van der Waals surface area contributed by atoms with Crippen molar-refractivity contribution in [2.24, 2.45) is 5.41 Å². The summed E-state index contributed by atoms with van der Waals surface area (Å²) in [6.45, 7) is 14.6. The summed E-state index contributed by atoms with van der Waals surface area (Å²) in [6, 6.07) is 2.90. The molecule has 1 aromatic rings. The first kappa shape index (κ1) is 30.5. The number of carboxylic acids is 1. The van der Waals surface area contributed by atoms with E-state index in [4.69, 9.17) is 4.74 Å². The van der Waals surface area contributed by atoms with Gasteiger partial charge in [0.1, 0.15) is 17.7 Å². The molecule has 6 nitrogen and oxygen atoms in total. The van der Waals surface area contributed by atoms with E-state index in [0.717, 1.165) is 23.7 Å². The first-order valence-electron chi connectivity index (χ1n) is 12.0. The van der Waals surface area contributed by atoms with E-state index < -0.39 is 38.5 Å². The minimum Gasteiger partial charge on any atom is -0.480 e. The van der Waals surface area contributed by atoms with Gasteiger partial charge < -0.3 is 20.5 Å². The Kier molecular flexibility index (Phi) is 12.3. The van der Waals surface area contributed by atoms with E-state index >= 15 is 0 Å². The summed E-state index contributed by atoms with van der Waals surface area (Å²) in [6.07, 6.45) is 2.95.